The molecule has 0 aromatic heterocycles. The first-order valence-corrected chi connectivity index (χ1v) is 6.27. The molecule has 0 aliphatic heterocycles. The second-order valence-electron chi connectivity index (χ2n) is 4.01. The number of alkyl carbamates (subject to hydrolysis) is 1. The fourth-order valence-electron chi connectivity index (χ4n) is 1.50. The number of nitrogens with one attached hydrogen (secondary N) is 1. The SMILES string of the molecule is CCCCNC(=O)OCCCc1ccccc1. The quantitative estimate of drug-likeness (QED) is 0.737. The molecule has 1 rings (SSSR count). The van der Waals surface area contributed by atoms with Gasteiger partial charge >= 0.3 is 6.09 Å². The van der Waals surface area contributed by atoms with Crippen LogP contribution in [0, 0.1) is 0 Å². The van der Waals surface area contributed by atoms with Crippen molar-refractivity contribution < 1.29 is 9.53 Å². The minimum absolute atomic E-state index is 0.300. The number of amides is 1. The van der Waals surface area contributed by atoms with E-state index < -0.39 is 0 Å². The lowest BCUT2D eigenvalue weighted by atomic mass is 10.1. The van der Waals surface area contributed by atoms with Crippen LogP contribution in [0.3, 0.4) is 0 Å². The summed E-state index contributed by atoms with van der Waals surface area (Å²) in [6, 6.07) is 10.2. The monoisotopic (exact) mass is 235 g/mol. The fourth-order valence-corrected chi connectivity index (χ4v) is 1.50. The molecular formula is C14H21NO2. The highest BCUT2D eigenvalue weighted by Gasteiger charge is 2.00. The van der Waals surface area contributed by atoms with Crippen molar-refractivity contribution >= 4 is 6.09 Å². The van der Waals surface area contributed by atoms with Crippen LogP contribution in [-0.2, 0) is 11.2 Å². The van der Waals surface area contributed by atoms with E-state index in [0.29, 0.717) is 13.2 Å². The van der Waals surface area contributed by atoms with E-state index >= 15 is 0 Å². The van der Waals surface area contributed by atoms with Gasteiger partial charge in [0.2, 0.25) is 0 Å². The van der Waals surface area contributed by atoms with Gasteiger partial charge in [0.25, 0.3) is 0 Å². The summed E-state index contributed by atoms with van der Waals surface area (Å²) in [4.78, 5) is 11.2. The highest BCUT2D eigenvalue weighted by molar-refractivity contribution is 5.66. The zero-order chi connectivity index (χ0) is 12.3. The normalized spacial score (nSPS) is 9.94. The smallest absolute Gasteiger partial charge is 0.407 e. The van der Waals surface area contributed by atoms with E-state index in [1.54, 1.807) is 0 Å². The van der Waals surface area contributed by atoms with Crippen molar-refractivity contribution in [2.45, 2.75) is 32.6 Å². The van der Waals surface area contributed by atoms with E-state index in [1.165, 1.54) is 5.56 Å². The second kappa shape index (κ2) is 8.62. The first kappa shape index (κ1) is 13.6. The maximum atomic E-state index is 11.2. The summed E-state index contributed by atoms with van der Waals surface area (Å²) >= 11 is 0. The van der Waals surface area contributed by atoms with Gasteiger partial charge in [-0.05, 0) is 24.8 Å². The van der Waals surface area contributed by atoms with Crippen LogP contribution in [0.5, 0.6) is 0 Å². The number of hydrogen-bond donors (Lipinski definition) is 1. The first-order valence-electron chi connectivity index (χ1n) is 6.27. The molecule has 0 atom stereocenters. The third kappa shape index (κ3) is 6.61. The molecule has 0 aliphatic rings. The van der Waals surface area contributed by atoms with Crippen LogP contribution >= 0.6 is 0 Å². The summed E-state index contributed by atoms with van der Waals surface area (Å²) in [6.07, 6.45) is 3.59. The maximum absolute atomic E-state index is 11.2. The number of benzene rings is 1. The molecule has 0 radical (unpaired) electrons. The van der Waals surface area contributed by atoms with Gasteiger partial charge in [-0.2, -0.15) is 0 Å². The topological polar surface area (TPSA) is 38.3 Å². The predicted molar refractivity (Wildman–Crippen MR) is 69.0 cm³/mol. The van der Waals surface area contributed by atoms with Crippen LogP contribution in [-0.4, -0.2) is 19.2 Å². The largest absolute Gasteiger partial charge is 0.450 e. The van der Waals surface area contributed by atoms with E-state index in [2.05, 4.69) is 24.4 Å². The Hall–Kier alpha value is -1.51. The molecule has 0 bridgehead atoms. The first-order chi connectivity index (χ1) is 8.33. The molecule has 0 spiro atoms. The summed E-state index contributed by atoms with van der Waals surface area (Å²) < 4.78 is 5.06. The molecule has 0 heterocycles. The van der Waals surface area contributed by atoms with Crippen molar-refractivity contribution in [2.75, 3.05) is 13.2 Å². The second-order valence-corrected chi connectivity index (χ2v) is 4.01. The number of aryl methyl sites for hydroxylation is 1. The molecule has 1 aromatic carbocycles. The average Bonchev–Trinajstić information content (AvgIpc) is 2.36. The highest BCUT2D eigenvalue weighted by Crippen LogP contribution is 2.02. The molecule has 1 amide bonds. The Bertz CT molecular complexity index is 311. The fraction of sp³-hybridized carbons (Fsp3) is 0.500. The van der Waals surface area contributed by atoms with E-state index in [0.717, 1.165) is 25.7 Å². The van der Waals surface area contributed by atoms with Gasteiger partial charge in [-0.1, -0.05) is 43.7 Å². The van der Waals surface area contributed by atoms with Gasteiger partial charge < -0.3 is 10.1 Å². The number of carbonyl (C=O) groups is 1. The number of carbonyl (C=O) groups excluding carboxylic acids is 1. The van der Waals surface area contributed by atoms with Gasteiger partial charge in [0.05, 0.1) is 6.61 Å². The number of ether oxygens (including phenoxy) is 1. The summed E-state index contributed by atoms with van der Waals surface area (Å²) in [5.41, 5.74) is 1.28. The van der Waals surface area contributed by atoms with Crippen molar-refractivity contribution in [2.24, 2.45) is 0 Å². The molecule has 17 heavy (non-hydrogen) atoms. The zero-order valence-corrected chi connectivity index (χ0v) is 10.4. The van der Waals surface area contributed by atoms with Crippen LogP contribution in [0.2, 0.25) is 0 Å². The Morgan fingerprint density at radius 2 is 2.00 bits per heavy atom. The molecule has 0 aliphatic carbocycles. The minimum Gasteiger partial charge on any atom is -0.450 e. The van der Waals surface area contributed by atoms with E-state index in [1.807, 2.05) is 18.2 Å². The van der Waals surface area contributed by atoms with Crippen molar-refractivity contribution in [3.05, 3.63) is 35.9 Å². The molecule has 94 valence electrons. The van der Waals surface area contributed by atoms with E-state index in [4.69, 9.17) is 4.74 Å². The summed E-state index contributed by atoms with van der Waals surface area (Å²) in [6.45, 7) is 3.27. The number of hydrogen-bond acceptors (Lipinski definition) is 2. The molecule has 0 saturated heterocycles. The highest BCUT2D eigenvalue weighted by atomic mass is 16.5. The van der Waals surface area contributed by atoms with Crippen LogP contribution < -0.4 is 5.32 Å². The van der Waals surface area contributed by atoms with Crippen molar-refractivity contribution in [3.8, 4) is 0 Å². The average molecular weight is 235 g/mol. The number of unbranched alkanes of at least 4 members (excludes halogenated alkanes) is 1. The Kier molecular flexibility index (Phi) is 6.87. The van der Waals surface area contributed by atoms with Crippen LogP contribution in [0.25, 0.3) is 0 Å². The number of rotatable bonds is 7. The van der Waals surface area contributed by atoms with Crippen LogP contribution in [0.15, 0.2) is 30.3 Å². The van der Waals surface area contributed by atoms with Gasteiger partial charge in [0, 0.05) is 6.54 Å². The zero-order valence-electron chi connectivity index (χ0n) is 10.4. The molecule has 1 aromatic rings. The van der Waals surface area contributed by atoms with Gasteiger partial charge in [0.15, 0.2) is 0 Å². The Balaban J connectivity index is 2.02. The minimum atomic E-state index is -0.300. The summed E-state index contributed by atoms with van der Waals surface area (Å²) in [5, 5.41) is 2.72. The van der Waals surface area contributed by atoms with Gasteiger partial charge in [-0.25, -0.2) is 4.79 Å². The predicted octanol–water partition coefficient (Wildman–Crippen LogP) is 3.15. The molecule has 0 unspecified atom stereocenters. The lowest BCUT2D eigenvalue weighted by Crippen LogP contribution is -2.25. The molecule has 0 saturated carbocycles. The lowest BCUT2D eigenvalue weighted by molar-refractivity contribution is 0.145. The third-order valence-electron chi connectivity index (χ3n) is 2.49. The Morgan fingerprint density at radius 3 is 2.71 bits per heavy atom. The van der Waals surface area contributed by atoms with Gasteiger partial charge in [-0.3, -0.25) is 0 Å². The van der Waals surface area contributed by atoms with Gasteiger partial charge in [0.1, 0.15) is 0 Å². The van der Waals surface area contributed by atoms with Crippen LogP contribution in [0.4, 0.5) is 4.79 Å². The summed E-state index contributed by atoms with van der Waals surface area (Å²) in [7, 11) is 0. The van der Waals surface area contributed by atoms with Crippen molar-refractivity contribution in [3.63, 3.8) is 0 Å². The molecule has 0 fully saturated rings. The van der Waals surface area contributed by atoms with Crippen molar-refractivity contribution in [1.82, 2.24) is 5.32 Å². The van der Waals surface area contributed by atoms with Crippen LogP contribution in [0.1, 0.15) is 31.7 Å². The maximum Gasteiger partial charge on any atom is 0.407 e. The molecular weight excluding hydrogens is 214 g/mol. The Morgan fingerprint density at radius 1 is 1.24 bits per heavy atom. The Labute approximate surface area is 103 Å². The van der Waals surface area contributed by atoms with Gasteiger partial charge in [-0.15, -0.1) is 0 Å². The molecule has 3 nitrogen and oxygen atoms in total. The molecule has 3 heteroatoms. The third-order valence-corrected chi connectivity index (χ3v) is 2.49. The standard InChI is InChI=1S/C14H21NO2/c1-2-3-11-15-14(16)17-12-7-10-13-8-5-4-6-9-13/h4-6,8-9H,2-3,7,10-12H2,1H3,(H,15,16). The summed E-state index contributed by atoms with van der Waals surface area (Å²) in [5.74, 6) is 0. The van der Waals surface area contributed by atoms with E-state index in [-0.39, 0.29) is 6.09 Å². The van der Waals surface area contributed by atoms with Crippen molar-refractivity contribution in [1.29, 1.82) is 0 Å². The van der Waals surface area contributed by atoms with E-state index in [9.17, 15) is 4.79 Å². The molecule has 1 N–H and O–H groups in total. The lowest BCUT2D eigenvalue weighted by Gasteiger charge is -2.06.